The van der Waals surface area contributed by atoms with Crippen molar-refractivity contribution in [3.63, 3.8) is 0 Å². The number of aliphatic carboxylic acids is 1. The van der Waals surface area contributed by atoms with Crippen molar-refractivity contribution >= 4 is 23.7 Å². The first-order chi connectivity index (χ1) is 17.0. The van der Waals surface area contributed by atoms with E-state index in [0.29, 0.717) is 11.3 Å². The van der Waals surface area contributed by atoms with Crippen molar-refractivity contribution in [2.24, 2.45) is 0 Å². The van der Waals surface area contributed by atoms with Gasteiger partial charge in [0.25, 0.3) is 0 Å². The zero-order chi connectivity index (χ0) is 24.8. The van der Waals surface area contributed by atoms with Crippen molar-refractivity contribution < 1.29 is 24.2 Å². The number of ether oxygens (including phenoxy) is 1. The van der Waals surface area contributed by atoms with E-state index in [9.17, 15) is 14.4 Å². The van der Waals surface area contributed by atoms with E-state index in [1.54, 1.807) is 24.3 Å². The van der Waals surface area contributed by atoms with E-state index in [-0.39, 0.29) is 25.4 Å². The summed E-state index contributed by atoms with van der Waals surface area (Å²) in [6.07, 6.45) is 0.754. The van der Waals surface area contributed by atoms with Crippen LogP contribution in [0.3, 0.4) is 0 Å². The fraction of sp³-hybridized carbons (Fsp3) is 0.179. The van der Waals surface area contributed by atoms with Crippen LogP contribution in [0.15, 0.2) is 85.5 Å². The molecule has 0 saturated heterocycles. The number of carbonyl (C=O) groups excluding carboxylic acids is 2. The fourth-order valence-corrected chi connectivity index (χ4v) is 4.36. The molecule has 0 saturated carbocycles. The lowest BCUT2D eigenvalue weighted by molar-refractivity contribution is -0.136. The summed E-state index contributed by atoms with van der Waals surface area (Å²) in [4.78, 5) is 36.7. The number of para-hydroxylation sites is 1. The van der Waals surface area contributed by atoms with Crippen LogP contribution in [0, 0.1) is 0 Å². The molecule has 0 radical (unpaired) electrons. The topological polar surface area (TPSA) is 105 Å². The van der Waals surface area contributed by atoms with Gasteiger partial charge in [0.1, 0.15) is 12.6 Å². The molecule has 1 unspecified atom stereocenters. The van der Waals surface area contributed by atoms with Crippen molar-refractivity contribution in [2.45, 2.75) is 24.8 Å². The summed E-state index contributed by atoms with van der Waals surface area (Å²) < 4.78 is 5.55. The van der Waals surface area contributed by atoms with Crippen LogP contribution >= 0.6 is 0 Å². The molecular formula is C28H26N2O5. The molecule has 3 aromatic carbocycles. The Morgan fingerprint density at radius 1 is 0.943 bits per heavy atom. The van der Waals surface area contributed by atoms with Gasteiger partial charge in [-0.3, -0.25) is 9.59 Å². The second-order valence-corrected chi connectivity index (χ2v) is 8.26. The van der Waals surface area contributed by atoms with Gasteiger partial charge in [-0.15, -0.1) is 6.58 Å². The normalized spacial score (nSPS) is 12.7. The Labute approximate surface area is 203 Å². The Kier molecular flexibility index (Phi) is 7.26. The van der Waals surface area contributed by atoms with Crippen LogP contribution in [-0.4, -0.2) is 35.7 Å². The first kappa shape index (κ1) is 23.8. The monoisotopic (exact) mass is 470 g/mol. The fourth-order valence-electron chi connectivity index (χ4n) is 4.36. The molecule has 35 heavy (non-hydrogen) atoms. The van der Waals surface area contributed by atoms with E-state index >= 15 is 0 Å². The zero-order valence-electron chi connectivity index (χ0n) is 19.1. The number of amides is 2. The first-order valence-electron chi connectivity index (χ1n) is 11.3. The molecule has 1 aliphatic rings. The lowest BCUT2D eigenvalue weighted by Gasteiger charge is -2.19. The van der Waals surface area contributed by atoms with Crippen LogP contribution in [0.2, 0.25) is 0 Å². The highest BCUT2D eigenvalue weighted by Crippen LogP contribution is 2.44. The maximum absolute atomic E-state index is 12.9. The SMILES string of the molecule is C=CCC(NC(=O)OCC1c2ccccc2-c2ccccc21)C(=O)Nc1ccccc1CC(=O)O. The molecule has 7 nitrogen and oxygen atoms in total. The number of alkyl carbamates (subject to hydrolysis) is 1. The molecule has 7 heteroatoms. The highest BCUT2D eigenvalue weighted by atomic mass is 16.5. The van der Waals surface area contributed by atoms with Gasteiger partial charge >= 0.3 is 12.1 Å². The largest absolute Gasteiger partial charge is 0.481 e. The summed E-state index contributed by atoms with van der Waals surface area (Å²) in [5.41, 5.74) is 5.28. The number of benzene rings is 3. The summed E-state index contributed by atoms with van der Waals surface area (Å²) in [7, 11) is 0. The molecule has 1 aliphatic carbocycles. The molecular weight excluding hydrogens is 444 g/mol. The second kappa shape index (κ2) is 10.7. The Balaban J connectivity index is 1.42. The molecule has 0 aromatic heterocycles. The molecule has 1 atom stereocenters. The number of nitrogens with one attached hydrogen (secondary N) is 2. The van der Waals surface area contributed by atoms with Crippen molar-refractivity contribution in [3.8, 4) is 11.1 Å². The molecule has 178 valence electrons. The van der Waals surface area contributed by atoms with Gasteiger partial charge in [0.05, 0.1) is 6.42 Å². The molecule has 0 spiro atoms. The van der Waals surface area contributed by atoms with Crippen LogP contribution < -0.4 is 10.6 Å². The maximum atomic E-state index is 12.9. The predicted molar refractivity (Wildman–Crippen MR) is 133 cm³/mol. The molecule has 3 N–H and O–H groups in total. The lowest BCUT2D eigenvalue weighted by Crippen LogP contribution is -2.44. The number of rotatable bonds is 9. The van der Waals surface area contributed by atoms with E-state index in [1.807, 2.05) is 36.4 Å². The number of carbonyl (C=O) groups is 3. The van der Waals surface area contributed by atoms with Crippen LogP contribution in [-0.2, 0) is 20.7 Å². The average Bonchev–Trinajstić information content (AvgIpc) is 3.17. The minimum atomic E-state index is -1.01. The molecule has 2 amide bonds. The predicted octanol–water partition coefficient (Wildman–Crippen LogP) is 4.74. The first-order valence-corrected chi connectivity index (χ1v) is 11.3. The second-order valence-electron chi connectivity index (χ2n) is 8.26. The van der Waals surface area contributed by atoms with Crippen LogP contribution in [0.5, 0.6) is 0 Å². The average molecular weight is 471 g/mol. The van der Waals surface area contributed by atoms with Crippen molar-refractivity contribution in [1.29, 1.82) is 0 Å². The van der Waals surface area contributed by atoms with Gasteiger partial charge in [0.15, 0.2) is 0 Å². The van der Waals surface area contributed by atoms with E-state index in [4.69, 9.17) is 9.84 Å². The molecule has 3 aromatic rings. The summed E-state index contributed by atoms with van der Waals surface area (Å²) in [5, 5.41) is 14.4. The van der Waals surface area contributed by atoms with Crippen molar-refractivity contribution in [2.75, 3.05) is 11.9 Å². The number of fused-ring (bicyclic) bond motifs is 3. The van der Waals surface area contributed by atoms with Crippen molar-refractivity contribution in [3.05, 3.63) is 102 Å². The van der Waals surface area contributed by atoms with Crippen LogP contribution in [0.25, 0.3) is 11.1 Å². The third-order valence-corrected chi connectivity index (χ3v) is 5.97. The van der Waals surface area contributed by atoms with Gasteiger partial charge in [-0.25, -0.2) is 4.79 Å². The third-order valence-electron chi connectivity index (χ3n) is 5.97. The number of hydrogen-bond donors (Lipinski definition) is 3. The quantitative estimate of drug-likeness (QED) is 0.392. The zero-order valence-corrected chi connectivity index (χ0v) is 19.1. The minimum Gasteiger partial charge on any atom is -0.481 e. The van der Waals surface area contributed by atoms with Gasteiger partial charge in [-0.05, 0) is 40.3 Å². The van der Waals surface area contributed by atoms with Crippen LogP contribution in [0.4, 0.5) is 10.5 Å². The summed E-state index contributed by atoms with van der Waals surface area (Å²) in [6.45, 7) is 3.79. The Hall–Kier alpha value is -4.39. The molecule has 0 heterocycles. The van der Waals surface area contributed by atoms with Gasteiger partial charge < -0.3 is 20.5 Å². The minimum absolute atomic E-state index is 0.0947. The van der Waals surface area contributed by atoms with Gasteiger partial charge in [-0.1, -0.05) is 72.8 Å². The highest BCUT2D eigenvalue weighted by Gasteiger charge is 2.29. The summed E-state index contributed by atoms with van der Waals surface area (Å²) in [6, 6.07) is 21.8. The number of anilines is 1. The van der Waals surface area contributed by atoms with E-state index in [0.717, 1.165) is 22.3 Å². The lowest BCUT2D eigenvalue weighted by atomic mass is 9.98. The number of carboxylic acid groups (broad SMARTS) is 1. The molecule has 0 bridgehead atoms. The van der Waals surface area contributed by atoms with E-state index in [1.165, 1.54) is 6.08 Å². The number of hydrogen-bond acceptors (Lipinski definition) is 4. The van der Waals surface area contributed by atoms with Gasteiger partial charge in [0.2, 0.25) is 5.91 Å². The number of carboxylic acids is 1. The maximum Gasteiger partial charge on any atom is 0.407 e. The molecule has 0 fully saturated rings. The summed E-state index contributed by atoms with van der Waals surface area (Å²) >= 11 is 0. The Morgan fingerprint density at radius 2 is 1.54 bits per heavy atom. The molecule has 4 rings (SSSR count). The molecule has 0 aliphatic heterocycles. The smallest absolute Gasteiger partial charge is 0.407 e. The van der Waals surface area contributed by atoms with Gasteiger partial charge in [0, 0.05) is 11.6 Å². The van der Waals surface area contributed by atoms with E-state index < -0.39 is 24.0 Å². The standard InChI is InChI=1S/C28H26N2O5/c1-2-9-25(27(33)29-24-15-8-3-10-18(24)16-26(31)32)30-28(34)35-17-23-21-13-6-4-11-19(21)20-12-5-7-14-22(20)23/h2-8,10-15,23,25H,1,9,16-17H2,(H,29,33)(H,30,34)(H,31,32). The highest BCUT2D eigenvalue weighted by molar-refractivity contribution is 5.97. The van der Waals surface area contributed by atoms with Gasteiger partial charge in [-0.2, -0.15) is 0 Å². The van der Waals surface area contributed by atoms with E-state index in [2.05, 4.69) is 29.3 Å². The summed E-state index contributed by atoms with van der Waals surface area (Å²) in [5.74, 6) is -1.59. The third kappa shape index (κ3) is 5.41. The Bertz CT molecular complexity index is 1220. The van der Waals surface area contributed by atoms with Crippen LogP contribution in [0.1, 0.15) is 29.0 Å². The van der Waals surface area contributed by atoms with Crippen molar-refractivity contribution in [1.82, 2.24) is 5.32 Å². The Morgan fingerprint density at radius 3 is 2.17 bits per heavy atom.